The average molecular weight is 276 g/mol. The van der Waals surface area contributed by atoms with Crippen LogP contribution in [0.1, 0.15) is 24.3 Å². The van der Waals surface area contributed by atoms with E-state index < -0.39 is 0 Å². The molecular formula is C14H17FN4O. The highest BCUT2D eigenvalue weighted by Gasteiger charge is 2.21. The van der Waals surface area contributed by atoms with Crippen LogP contribution < -0.4 is 10.2 Å². The van der Waals surface area contributed by atoms with Gasteiger partial charge in [0.05, 0.1) is 6.54 Å². The molecule has 0 bridgehead atoms. The summed E-state index contributed by atoms with van der Waals surface area (Å²) in [5.41, 5.74) is 0.864. The molecule has 6 heteroatoms. The first-order valence-corrected chi connectivity index (χ1v) is 6.72. The molecule has 1 aromatic carbocycles. The Morgan fingerprint density at radius 3 is 3.00 bits per heavy atom. The van der Waals surface area contributed by atoms with Crippen molar-refractivity contribution in [1.82, 2.24) is 15.5 Å². The second-order valence-electron chi connectivity index (χ2n) is 5.12. The van der Waals surface area contributed by atoms with Gasteiger partial charge in [0.15, 0.2) is 0 Å². The Bertz CT molecular complexity index is 582. The van der Waals surface area contributed by atoms with Gasteiger partial charge in [-0.15, -0.1) is 5.10 Å². The molecule has 5 nitrogen and oxygen atoms in total. The number of nitrogens with zero attached hydrogens (tertiary/aromatic N) is 3. The molecule has 1 aliphatic rings. The van der Waals surface area contributed by atoms with Crippen LogP contribution in [0.5, 0.6) is 0 Å². The first-order chi connectivity index (χ1) is 9.70. The van der Waals surface area contributed by atoms with E-state index in [-0.39, 0.29) is 5.82 Å². The Morgan fingerprint density at radius 2 is 2.25 bits per heavy atom. The average Bonchev–Trinajstić information content (AvgIpc) is 3.13. The lowest BCUT2D eigenvalue weighted by Crippen LogP contribution is -2.17. The monoisotopic (exact) mass is 276 g/mol. The molecule has 0 spiro atoms. The van der Waals surface area contributed by atoms with Crippen LogP contribution in [0.4, 0.5) is 10.4 Å². The summed E-state index contributed by atoms with van der Waals surface area (Å²) in [5.74, 6) is 0.341. The third-order valence-corrected chi connectivity index (χ3v) is 3.21. The Balaban J connectivity index is 1.59. The summed E-state index contributed by atoms with van der Waals surface area (Å²) in [6, 6.07) is 7.54. The van der Waals surface area contributed by atoms with E-state index in [4.69, 9.17) is 4.42 Å². The van der Waals surface area contributed by atoms with Gasteiger partial charge in [-0.2, -0.15) is 0 Å². The summed E-state index contributed by atoms with van der Waals surface area (Å²) in [4.78, 5) is 1.81. The molecule has 0 atom stereocenters. The Kier molecular flexibility index (Phi) is 3.64. The van der Waals surface area contributed by atoms with E-state index in [1.165, 1.54) is 25.0 Å². The van der Waals surface area contributed by atoms with E-state index in [9.17, 15) is 4.39 Å². The maximum absolute atomic E-state index is 13.1. The molecule has 1 heterocycles. The number of anilines is 1. The van der Waals surface area contributed by atoms with E-state index in [0.717, 1.165) is 5.56 Å². The molecule has 0 amide bonds. The van der Waals surface area contributed by atoms with Crippen LogP contribution >= 0.6 is 0 Å². The van der Waals surface area contributed by atoms with Crippen molar-refractivity contribution in [1.29, 1.82) is 0 Å². The van der Waals surface area contributed by atoms with Gasteiger partial charge in [-0.1, -0.05) is 17.2 Å². The second-order valence-corrected chi connectivity index (χ2v) is 5.12. The summed E-state index contributed by atoms with van der Waals surface area (Å²) in [6.07, 6.45) is 2.45. The van der Waals surface area contributed by atoms with Crippen LogP contribution in [-0.4, -0.2) is 23.3 Å². The number of halogens is 1. The summed E-state index contributed by atoms with van der Waals surface area (Å²) in [6.45, 7) is 1.13. The number of benzene rings is 1. The molecule has 1 aliphatic carbocycles. The lowest BCUT2D eigenvalue weighted by atomic mass is 10.2. The van der Waals surface area contributed by atoms with Crippen LogP contribution in [-0.2, 0) is 13.1 Å². The van der Waals surface area contributed by atoms with Gasteiger partial charge in [-0.3, -0.25) is 0 Å². The number of rotatable bonds is 6. The van der Waals surface area contributed by atoms with E-state index in [0.29, 0.717) is 31.0 Å². The van der Waals surface area contributed by atoms with Crippen LogP contribution in [0.15, 0.2) is 28.7 Å². The van der Waals surface area contributed by atoms with Crippen molar-refractivity contribution >= 4 is 6.01 Å². The van der Waals surface area contributed by atoms with E-state index in [1.807, 2.05) is 18.0 Å². The van der Waals surface area contributed by atoms with Crippen molar-refractivity contribution in [3.8, 4) is 0 Å². The fourth-order valence-electron chi connectivity index (χ4n) is 1.97. The molecular weight excluding hydrogens is 259 g/mol. The van der Waals surface area contributed by atoms with E-state index in [2.05, 4.69) is 15.5 Å². The Labute approximate surface area is 116 Å². The van der Waals surface area contributed by atoms with Crippen molar-refractivity contribution in [2.45, 2.75) is 32.0 Å². The molecule has 0 saturated heterocycles. The summed E-state index contributed by atoms with van der Waals surface area (Å²) >= 11 is 0. The van der Waals surface area contributed by atoms with Crippen LogP contribution in [0.25, 0.3) is 0 Å². The van der Waals surface area contributed by atoms with Crippen molar-refractivity contribution < 1.29 is 8.81 Å². The van der Waals surface area contributed by atoms with Gasteiger partial charge in [-0.05, 0) is 30.5 Å². The number of nitrogens with one attached hydrogen (secondary N) is 1. The van der Waals surface area contributed by atoms with Crippen molar-refractivity contribution in [3.05, 3.63) is 41.5 Å². The lowest BCUT2D eigenvalue weighted by Gasteiger charge is -2.13. The molecule has 20 heavy (non-hydrogen) atoms. The van der Waals surface area contributed by atoms with Crippen LogP contribution in [0, 0.1) is 5.82 Å². The molecule has 3 rings (SSSR count). The molecule has 1 N–H and O–H groups in total. The summed E-state index contributed by atoms with van der Waals surface area (Å²) in [7, 11) is 1.84. The molecule has 0 radical (unpaired) electrons. The van der Waals surface area contributed by atoms with Gasteiger partial charge in [0.25, 0.3) is 0 Å². The maximum Gasteiger partial charge on any atom is 0.318 e. The predicted molar refractivity (Wildman–Crippen MR) is 72.7 cm³/mol. The fraction of sp³-hybridized carbons (Fsp3) is 0.429. The Hall–Kier alpha value is -1.95. The zero-order valence-corrected chi connectivity index (χ0v) is 11.3. The van der Waals surface area contributed by atoms with Crippen molar-refractivity contribution in [2.24, 2.45) is 0 Å². The SMILES string of the molecule is CN(Cc1cccc(F)c1)c1nnc(CNC2CC2)o1. The summed E-state index contributed by atoms with van der Waals surface area (Å²) < 4.78 is 18.7. The first kappa shape index (κ1) is 13.1. The van der Waals surface area contributed by atoms with E-state index in [1.54, 1.807) is 6.07 Å². The fourth-order valence-corrected chi connectivity index (χ4v) is 1.97. The number of hydrogen-bond donors (Lipinski definition) is 1. The number of aromatic nitrogens is 2. The molecule has 1 fully saturated rings. The minimum atomic E-state index is -0.240. The van der Waals surface area contributed by atoms with E-state index >= 15 is 0 Å². The van der Waals surface area contributed by atoms with Gasteiger partial charge >= 0.3 is 6.01 Å². The van der Waals surface area contributed by atoms with Crippen LogP contribution in [0.3, 0.4) is 0 Å². The van der Waals surface area contributed by atoms with Gasteiger partial charge in [0.2, 0.25) is 5.89 Å². The van der Waals surface area contributed by atoms with Crippen molar-refractivity contribution in [2.75, 3.05) is 11.9 Å². The van der Waals surface area contributed by atoms with Gasteiger partial charge in [0.1, 0.15) is 5.82 Å². The molecule has 1 saturated carbocycles. The molecule has 1 aromatic heterocycles. The Morgan fingerprint density at radius 1 is 1.40 bits per heavy atom. The third kappa shape index (κ3) is 3.33. The first-order valence-electron chi connectivity index (χ1n) is 6.72. The van der Waals surface area contributed by atoms with Crippen molar-refractivity contribution in [3.63, 3.8) is 0 Å². The number of hydrogen-bond acceptors (Lipinski definition) is 5. The normalized spacial score (nSPS) is 14.5. The quantitative estimate of drug-likeness (QED) is 0.875. The largest absolute Gasteiger partial charge is 0.407 e. The molecule has 106 valence electrons. The lowest BCUT2D eigenvalue weighted by molar-refractivity contribution is 0.464. The van der Waals surface area contributed by atoms with Gasteiger partial charge < -0.3 is 14.6 Å². The molecule has 0 unspecified atom stereocenters. The zero-order valence-electron chi connectivity index (χ0n) is 11.3. The maximum atomic E-state index is 13.1. The zero-order chi connectivity index (χ0) is 13.9. The van der Waals surface area contributed by atoms with Gasteiger partial charge in [0, 0.05) is 19.6 Å². The highest BCUT2D eigenvalue weighted by molar-refractivity contribution is 5.27. The highest BCUT2D eigenvalue weighted by Crippen LogP contribution is 2.20. The second kappa shape index (κ2) is 5.58. The minimum Gasteiger partial charge on any atom is -0.407 e. The molecule has 0 aliphatic heterocycles. The topological polar surface area (TPSA) is 54.2 Å². The smallest absolute Gasteiger partial charge is 0.318 e. The van der Waals surface area contributed by atoms with Gasteiger partial charge in [-0.25, -0.2) is 4.39 Å². The standard InChI is InChI=1S/C14H17FN4O/c1-19(9-10-3-2-4-11(15)7-10)14-18-17-13(20-14)8-16-12-5-6-12/h2-4,7,12,16H,5-6,8-9H2,1H3. The third-order valence-electron chi connectivity index (χ3n) is 3.21. The highest BCUT2D eigenvalue weighted by atomic mass is 19.1. The predicted octanol–water partition coefficient (Wildman–Crippen LogP) is 2.10. The summed E-state index contributed by atoms with van der Waals surface area (Å²) in [5, 5.41) is 11.3. The van der Waals surface area contributed by atoms with Crippen LogP contribution in [0.2, 0.25) is 0 Å². The molecule has 2 aromatic rings. The minimum absolute atomic E-state index is 0.240.